The van der Waals surface area contributed by atoms with Crippen molar-refractivity contribution in [3.8, 4) is 17.2 Å². The zero-order valence-corrected chi connectivity index (χ0v) is 15.9. The number of hydrogen-bond donors (Lipinski definition) is 5. The van der Waals surface area contributed by atoms with Gasteiger partial charge in [0, 0.05) is 12.1 Å². The number of esters is 1. The van der Waals surface area contributed by atoms with Crippen molar-refractivity contribution < 1.29 is 49.0 Å². The predicted octanol–water partition coefficient (Wildman–Crippen LogP) is -0.506. The summed E-state index contributed by atoms with van der Waals surface area (Å²) in [7, 11) is 0. The van der Waals surface area contributed by atoms with E-state index in [1.54, 1.807) is 0 Å². The van der Waals surface area contributed by atoms with Gasteiger partial charge in [-0.25, -0.2) is 4.79 Å². The van der Waals surface area contributed by atoms with Crippen molar-refractivity contribution in [1.82, 2.24) is 0 Å². The second-order valence-corrected chi connectivity index (χ2v) is 6.63. The van der Waals surface area contributed by atoms with E-state index in [1.807, 2.05) is 0 Å². The predicted molar refractivity (Wildman–Crippen MR) is 102 cm³/mol. The fraction of sp³-hybridized carbons (Fsp3) is 0.300. The monoisotopic (exact) mass is 436 g/mol. The SMILES string of the molecule is O=C(C=Cc1ccc(O)c(O)c1)OC[C@@H]1O[C@H](Oc2coccc2=O)[C@@H](O)[C@H](O)[C@H]1O. The quantitative estimate of drug-likeness (QED) is 0.224. The molecular formula is C20H20O11. The van der Waals surface area contributed by atoms with Crippen LogP contribution in [0.3, 0.4) is 0 Å². The lowest BCUT2D eigenvalue weighted by atomic mass is 9.99. The van der Waals surface area contributed by atoms with Gasteiger partial charge in [0.25, 0.3) is 0 Å². The first-order valence-electron chi connectivity index (χ1n) is 9.06. The minimum absolute atomic E-state index is 0.286. The summed E-state index contributed by atoms with van der Waals surface area (Å²) in [4.78, 5) is 23.7. The number of aliphatic hydroxyl groups is 3. The van der Waals surface area contributed by atoms with Crippen LogP contribution in [0.2, 0.25) is 0 Å². The molecule has 1 fully saturated rings. The molecule has 3 rings (SSSR count). The maximum absolute atomic E-state index is 11.9. The maximum Gasteiger partial charge on any atom is 0.330 e. The molecule has 11 nitrogen and oxygen atoms in total. The van der Waals surface area contributed by atoms with Crippen LogP contribution in [-0.4, -0.2) is 68.8 Å². The molecule has 1 saturated heterocycles. The average molecular weight is 436 g/mol. The summed E-state index contributed by atoms with van der Waals surface area (Å²) in [5, 5.41) is 48.9. The van der Waals surface area contributed by atoms with Gasteiger partial charge in [0.1, 0.15) is 37.3 Å². The van der Waals surface area contributed by atoms with Crippen molar-refractivity contribution in [2.24, 2.45) is 0 Å². The molecule has 1 aromatic heterocycles. The molecule has 0 spiro atoms. The normalized spacial score (nSPS) is 26.0. The fourth-order valence-electron chi connectivity index (χ4n) is 2.73. The Balaban J connectivity index is 1.61. The first-order valence-corrected chi connectivity index (χ1v) is 9.06. The highest BCUT2D eigenvalue weighted by atomic mass is 16.7. The van der Waals surface area contributed by atoms with Crippen LogP contribution in [0, 0.1) is 0 Å². The number of phenols is 2. The Morgan fingerprint density at radius 3 is 2.55 bits per heavy atom. The van der Waals surface area contributed by atoms with Crippen LogP contribution < -0.4 is 10.2 Å². The van der Waals surface area contributed by atoms with E-state index < -0.39 is 48.7 Å². The minimum atomic E-state index is -1.70. The summed E-state index contributed by atoms with van der Waals surface area (Å²) >= 11 is 0. The van der Waals surface area contributed by atoms with E-state index in [0.29, 0.717) is 5.56 Å². The van der Waals surface area contributed by atoms with Gasteiger partial charge in [0.2, 0.25) is 17.5 Å². The minimum Gasteiger partial charge on any atom is -0.504 e. The lowest BCUT2D eigenvalue weighted by Gasteiger charge is -2.39. The fourth-order valence-corrected chi connectivity index (χ4v) is 2.73. The Hall–Kier alpha value is -3.38. The van der Waals surface area contributed by atoms with Gasteiger partial charge in [-0.15, -0.1) is 0 Å². The highest BCUT2D eigenvalue weighted by molar-refractivity contribution is 5.87. The van der Waals surface area contributed by atoms with Gasteiger partial charge in [-0.05, 0) is 23.8 Å². The number of benzene rings is 1. The van der Waals surface area contributed by atoms with Gasteiger partial charge in [0.15, 0.2) is 11.5 Å². The third-order valence-electron chi connectivity index (χ3n) is 4.43. The molecule has 166 valence electrons. The Morgan fingerprint density at radius 1 is 1.06 bits per heavy atom. The van der Waals surface area contributed by atoms with Crippen molar-refractivity contribution in [1.29, 1.82) is 0 Å². The Labute approximate surface area is 175 Å². The van der Waals surface area contributed by atoms with Crippen molar-refractivity contribution >= 4 is 12.0 Å². The van der Waals surface area contributed by atoms with Gasteiger partial charge in [-0.1, -0.05) is 6.07 Å². The van der Waals surface area contributed by atoms with E-state index in [0.717, 1.165) is 24.7 Å². The number of carbonyl (C=O) groups excluding carboxylic acids is 1. The van der Waals surface area contributed by atoms with Crippen LogP contribution in [0.4, 0.5) is 0 Å². The van der Waals surface area contributed by atoms with Crippen LogP contribution in [0.25, 0.3) is 6.08 Å². The van der Waals surface area contributed by atoms with E-state index in [9.17, 15) is 35.1 Å². The number of rotatable bonds is 6. The summed E-state index contributed by atoms with van der Waals surface area (Å²) < 4.78 is 20.4. The van der Waals surface area contributed by atoms with Crippen molar-refractivity contribution in [2.45, 2.75) is 30.7 Å². The molecule has 5 N–H and O–H groups in total. The van der Waals surface area contributed by atoms with Crippen LogP contribution >= 0.6 is 0 Å². The highest BCUT2D eigenvalue weighted by Gasteiger charge is 2.45. The molecule has 11 heteroatoms. The highest BCUT2D eigenvalue weighted by Crippen LogP contribution is 2.26. The zero-order valence-electron chi connectivity index (χ0n) is 15.9. The molecule has 2 aromatic rings. The molecule has 2 heterocycles. The number of hydrogen-bond acceptors (Lipinski definition) is 11. The number of carbonyl (C=O) groups is 1. The summed E-state index contributed by atoms with van der Waals surface area (Å²) in [6, 6.07) is 5.00. The molecule has 5 atom stereocenters. The summed E-state index contributed by atoms with van der Waals surface area (Å²) in [6.45, 7) is -0.502. The van der Waals surface area contributed by atoms with E-state index in [1.165, 1.54) is 24.3 Å². The third kappa shape index (κ3) is 5.41. The molecule has 1 aromatic carbocycles. The lowest BCUT2D eigenvalue weighted by Crippen LogP contribution is -2.60. The Morgan fingerprint density at radius 2 is 1.84 bits per heavy atom. The van der Waals surface area contributed by atoms with E-state index in [-0.39, 0.29) is 17.2 Å². The molecule has 31 heavy (non-hydrogen) atoms. The molecule has 0 saturated carbocycles. The van der Waals surface area contributed by atoms with Crippen LogP contribution in [-0.2, 0) is 14.3 Å². The molecule has 1 aliphatic rings. The summed E-state index contributed by atoms with van der Waals surface area (Å²) in [5.41, 5.74) is -0.147. The zero-order chi connectivity index (χ0) is 22.5. The van der Waals surface area contributed by atoms with E-state index in [4.69, 9.17) is 18.6 Å². The lowest BCUT2D eigenvalue weighted by molar-refractivity contribution is -0.278. The first-order chi connectivity index (χ1) is 14.8. The smallest absolute Gasteiger partial charge is 0.330 e. The standard InChI is InChI=1S/C20H20O11/c21-11-3-1-10(7-13(11)23)2-4-16(24)29-9-15-17(25)18(26)19(27)20(31-15)30-14-8-28-6-5-12(14)22/h1-8,15,17-21,23,25-27H,9H2/t15-,17-,18+,19-,20-/m0/s1. The van der Waals surface area contributed by atoms with Crippen molar-refractivity contribution in [3.05, 3.63) is 58.7 Å². The number of aromatic hydroxyl groups is 2. The van der Waals surface area contributed by atoms with Crippen LogP contribution in [0.1, 0.15) is 5.56 Å². The van der Waals surface area contributed by atoms with Crippen LogP contribution in [0.15, 0.2) is 52.1 Å². The molecule has 0 aliphatic carbocycles. The molecule has 0 amide bonds. The molecule has 0 bridgehead atoms. The van der Waals surface area contributed by atoms with E-state index in [2.05, 4.69) is 0 Å². The first kappa shape index (κ1) is 22.3. The number of aliphatic hydroxyl groups excluding tert-OH is 3. The van der Waals surface area contributed by atoms with Crippen molar-refractivity contribution in [3.63, 3.8) is 0 Å². The molecular weight excluding hydrogens is 416 g/mol. The topological polar surface area (TPSA) is 176 Å². The van der Waals surface area contributed by atoms with Gasteiger partial charge < -0.3 is 44.2 Å². The Kier molecular flexibility index (Phi) is 6.92. The molecule has 1 aliphatic heterocycles. The van der Waals surface area contributed by atoms with Gasteiger partial charge in [-0.2, -0.15) is 0 Å². The second kappa shape index (κ2) is 9.62. The van der Waals surface area contributed by atoms with Crippen molar-refractivity contribution in [2.75, 3.05) is 6.61 Å². The maximum atomic E-state index is 11.9. The van der Waals surface area contributed by atoms with E-state index >= 15 is 0 Å². The average Bonchev–Trinajstić information content (AvgIpc) is 2.75. The summed E-state index contributed by atoms with van der Waals surface area (Å²) in [5.74, 6) is -1.79. The molecule has 0 unspecified atom stereocenters. The summed E-state index contributed by atoms with van der Waals surface area (Å²) in [6.07, 6.45) is -3.34. The second-order valence-electron chi connectivity index (χ2n) is 6.63. The Bertz CT molecular complexity index is 999. The number of phenolic OH excluding ortho intramolecular Hbond substituents is 2. The van der Waals surface area contributed by atoms with Crippen LogP contribution in [0.5, 0.6) is 17.2 Å². The van der Waals surface area contributed by atoms with Gasteiger partial charge in [-0.3, -0.25) is 4.79 Å². The molecule has 0 radical (unpaired) electrons. The third-order valence-corrected chi connectivity index (χ3v) is 4.43. The largest absolute Gasteiger partial charge is 0.504 e. The van der Waals surface area contributed by atoms with Gasteiger partial charge in [0.05, 0.1) is 6.26 Å². The van der Waals surface area contributed by atoms with Gasteiger partial charge >= 0.3 is 5.97 Å². The number of ether oxygens (including phenoxy) is 3.